The Bertz CT molecular complexity index is 632. The number of nitrogens with one attached hydrogen (secondary N) is 1. The van der Waals surface area contributed by atoms with Crippen molar-refractivity contribution in [2.24, 2.45) is 0 Å². The van der Waals surface area contributed by atoms with Gasteiger partial charge in [0.05, 0.1) is 10.5 Å². The summed E-state index contributed by atoms with van der Waals surface area (Å²) in [5.74, 6) is -0.546. The van der Waals surface area contributed by atoms with Gasteiger partial charge in [-0.1, -0.05) is 19.1 Å². The second-order valence-corrected chi connectivity index (χ2v) is 5.88. The zero-order chi connectivity index (χ0) is 15.6. The van der Waals surface area contributed by atoms with E-state index in [9.17, 15) is 8.78 Å². The molecule has 0 radical (unpaired) electrons. The van der Waals surface area contributed by atoms with Crippen LogP contribution in [0.3, 0.4) is 0 Å². The quantitative estimate of drug-likeness (QED) is 0.811. The maximum absolute atomic E-state index is 13.8. The van der Waals surface area contributed by atoms with E-state index in [2.05, 4.69) is 21.2 Å². The lowest BCUT2D eigenvalue weighted by Crippen LogP contribution is -2.24. The predicted molar refractivity (Wildman–Crippen MR) is 85.5 cm³/mol. The Kier molecular flexibility index (Phi) is 5.12. The summed E-state index contributed by atoms with van der Waals surface area (Å²) in [7, 11) is 0. The summed E-state index contributed by atoms with van der Waals surface area (Å²) in [5.41, 5.74) is 3.52. The minimum absolute atomic E-state index is 0.180. The van der Waals surface area contributed by atoms with E-state index in [0.29, 0.717) is 4.47 Å². The molecule has 4 heteroatoms. The molecule has 1 N–H and O–H groups in total. The molecule has 0 bridgehead atoms. The van der Waals surface area contributed by atoms with Crippen molar-refractivity contribution in [3.8, 4) is 0 Å². The number of rotatable bonds is 4. The van der Waals surface area contributed by atoms with Crippen molar-refractivity contribution in [1.29, 1.82) is 0 Å². The second kappa shape index (κ2) is 6.67. The molecule has 1 unspecified atom stereocenters. The lowest BCUT2D eigenvalue weighted by molar-refractivity contribution is 0.588. The molecule has 1 nitrogen and oxygen atoms in total. The van der Waals surface area contributed by atoms with Crippen LogP contribution < -0.4 is 5.32 Å². The van der Waals surface area contributed by atoms with E-state index in [0.717, 1.165) is 28.8 Å². The highest BCUT2D eigenvalue weighted by molar-refractivity contribution is 9.10. The van der Waals surface area contributed by atoms with E-state index in [1.54, 1.807) is 6.07 Å². The molecule has 0 heterocycles. The first-order chi connectivity index (χ1) is 9.95. The van der Waals surface area contributed by atoms with Gasteiger partial charge in [-0.05, 0) is 76.8 Å². The van der Waals surface area contributed by atoms with Crippen molar-refractivity contribution in [1.82, 2.24) is 5.32 Å². The summed E-state index contributed by atoms with van der Waals surface area (Å²) < 4.78 is 27.8. The van der Waals surface area contributed by atoms with Crippen LogP contribution in [0, 0.1) is 25.5 Å². The SMILES string of the molecule is CCNC(c1cccc(F)c1Br)c1c(C)cc(F)cc1C. The van der Waals surface area contributed by atoms with Gasteiger partial charge in [-0.2, -0.15) is 0 Å². The largest absolute Gasteiger partial charge is 0.306 e. The number of hydrogen-bond acceptors (Lipinski definition) is 1. The van der Waals surface area contributed by atoms with Gasteiger partial charge < -0.3 is 5.32 Å². The van der Waals surface area contributed by atoms with Gasteiger partial charge in [0.15, 0.2) is 0 Å². The van der Waals surface area contributed by atoms with Gasteiger partial charge >= 0.3 is 0 Å². The van der Waals surface area contributed by atoms with Crippen LogP contribution in [0.2, 0.25) is 0 Å². The molecular formula is C17H18BrF2N. The van der Waals surface area contributed by atoms with Crippen LogP contribution >= 0.6 is 15.9 Å². The maximum atomic E-state index is 13.8. The fraction of sp³-hybridized carbons (Fsp3) is 0.294. The molecule has 0 fully saturated rings. The van der Waals surface area contributed by atoms with Gasteiger partial charge in [0.25, 0.3) is 0 Å². The lowest BCUT2D eigenvalue weighted by atomic mass is 9.91. The summed E-state index contributed by atoms with van der Waals surface area (Å²) in [6, 6.07) is 7.83. The van der Waals surface area contributed by atoms with E-state index < -0.39 is 0 Å². The van der Waals surface area contributed by atoms with Gasteiger partial charge in [-0.25, -0.2) is 8.78 Å². The fourth-order valence-corrected chi connectivity index (χ4v) is 3.19. The minimum atomic E-state index is -0.298. The third-order valence-corrected chi connectivity index (χ3v) is 4.38. The topological polar surface area (TPSA) is 12.0 Å². The monoisotopic (exact) mass is 353 g/mol. The van der Waals surface area contributed by atoms with Crippen LogP contribution in [-0.4, -0.2) is 6.54 Å². The second-order valence-electron chi connectivity index (χ2n) is 5.09. The van der Waals surface area contributed by atoms with Gasteiger partial charge in [-0.3, -0.25) is 0 Å². The van der Waals surface area contributed by atoms with E-state index in [4.69, 9.17) is 0 Å². The van der Waals surface area contributed by atoms with Crippen LogP contribution in [0.5, 0.6) is 0 Å². The number of benzene rings is 2. The molecule has 1 atom stereocenters. The third-order valence-electron chi connectivity index (χ3n) is 3.55. The van der Waals surface area contributed by atoms with E-state index in [1.165, 1.54) is 18.2 Å². The van der Waals surface area contributed by atoms with Gasteiger partial charge in [0, 0.05) is 0 Å². The first-order valence-electron chi connectivity index (χ1n) is 6.89. The molecule has 0 aliphatic heterocycles. The smallest absolute Gasteiger partial charge is 0.137 e. The van der Waals surface area contributed by atoms with E-state index in [-0.39, 0.29) is 17.7 Å². The molecule has 0 aliphatic rings. The lowest BCUT2D eigenvalue weighted by Gasteiger charge is -2.24. The van der Waals surface area contributed by atoms with Gasteiger partial charge in [-0.15, -0.1) is 0 Å². The highest BCUT2D eigenvalue weighted by atomic mass is 79.9. The molecule has 0 aliphatic carbocycles. The van der Waals surface area contributed by atoms with Crippen molar-refractivity contribution >= 4 is 15.9 Å². The van der Waals surface area contributed by atoms with Crippen molar-refractivity contribution in [3.05, 3.63) is 68.7 Å². The highest BCUT2D eigenvalue weighted by Crippen LogP contribution is 2.33. The van der Waals surface area contributed by atoms with Crippen LogP contribution in [0.1, 0.15) is 35.2 Å². The molecule has 0 saturated heterocycles. The van der Waals surface area contributed by atoms with Crippen molar-refractivity contribution < 1.29 is 8.78 Å². The normalized spacial score (nSPS) is 12.5. The van der Waals surface area contributed by atoms with Crippen LogP contribution in [0.15, 0.2) is 34.8 Å². The summed E-state index contributed by atoms with van der Waals surface area (Å²) in [4.78, 5) is 0. The van der Waals surface area contributed by atoms with Crippen molar-refractivity contribution in [3.63, 3.8) is 0 Å². The Morgan fingerprint density at radius 3 is 2.33 bits per heavy atom. The summed E-state index contributed by atoms with van der Waals surface area (Å²) in [6.07, 6.45) is 0. The highest BCUT2D eigenvalue weighted by Gasteiger charge is 2.21. The van der Waals surface area contributed by atoms with Crippen LogP contribution in [-0.2, 0) is 0 Å². The maximum Gasteiger partial charge on any atom is 0.137 e. The third kappa shape index (κ3) is 3.33. The Labute approximate surface area is 132 Å². The fourth-order valence-electron chi connectivity index (χ4n) is 2.69. The molecular weight excluding hydrogens is 336 g/mol. The average molecular weight is 354 g/mol. The Morgan fingerprint density at radius 2 is 1.76 bits per heavy atom. The number of hydrogen-bond donors (Lipinski definition) is 1. The van der Waals surface area contributed by atoms with Crippen molar-refractivity contribution in [2.75, 3.05) is 6.54 Å². The Balaban J connectivity index is 2.62. The summed E-state index contributed by atoms with van der Waals surface area (Å²) in [6.45, 7) is 6.48. The molecule has 0 saturated carbocycles. The molecule has 112 valence electrons. The van der Waals surface area contributed by atoms with Crippen LogP contribution in [0.25, 0.3) is 0 Å². The molecule has 21 heavy (non-hydrogen) atoms. The van der Waals surface area contributed by atoms with E-state index in [1.807, 2.05) is 26.8 Å². The molecule has 2 rings (SSSR count). The number of aryl methyl sites for hydroxylation is 2. The molecule has 0 amide bonds. The molecule has 0 aromatic heterocycles. The average Bonchev–Trinajstić information content (AvgIpc) is 2.40. The first kappa shape index (κ1) is 16.1. The van der Waals surface area contributed by atoms with Crippen molar-refractivity contribution in [2.45, 2.75) is 26.8 Å². The number of halogens is 3. The Morgan fingerprint density at radius 1 is 1.14 bits per heavy atom. The Hall–Kier alpha value is -1.26. The summed E-state index contributed by atoms with van der Waals surface area (Å²) >= 11 is 3.32. The minimum Gasteiger partial charge on any atom is -0.306 e. The summed E-state index contributed by atoms with van der Waals surface area (Å²) in [5, 5.41) is 3.37. The van der Waals surface area contributed by atoms with E-state index >= 15 is 0 Å². The molecule has 0 spiro atoms. The standard InChI is InChI=1S/C17H18BrF2N/c1-4-21-17(13-6-5-7-14(20)16(13)18)15-10(2)8-12(19)9-11(15)3/h5-9,17,21H,4H2,1-3H3. The van der Waals surface area contributed by atoms with Gasteiger partial charge in [0.2, 0.25) is 0 Å². The first-order valence-corrected chi connectivity index (χ1v) is 7.69. The zero-order valence-electron chi connectivity index (χ0n) is 12.3. The predicted octanol–water partition coefficient (Wildman–Crippen LogP) is 5.04. The molecule has 2 aromatic rings. The van der Waals surface area contributed by atoms with Gasteiger partial charge in [0.1, 0.15) is 11.6 Å². The molecule has 2 aromatic carbocycles. The van der Waals surface area contributed by atoms with Crippen LogP contribution in [0.4, 0.5) is 8.78 Å². The zero-order valence-corrected chi connectivity index (χ0v) is 13.9.